The maximum absolute atomic E-state index is 12.5. The lowest BCUT2D eigenvalue weighted by molar-refractivity contribution is -0.158. The Morgan fingerprint density at radius 1 is 1.10 bits per heavy atom. The van der Waals surface area contributed by atoms with Crippen molar-refractivity contribution in [2.24, 2.45) is 28.6 Å². The average Bonchev–Trinajstić information content (AvgIpc) is 3.38. The molecule has 0 aromatic carbocycles. The Bertz CT molecular complexity index is 888. The third-order valence-corrected chi connectivity index (χ3v) is 9.97. The number of hydrogen-bond acceptors (Lipinski definition) is 5. The van der Waals surface area contributed by atoms with Crippen LogP contribution in [0, 0.1) is 28.6 Å². The first kappa shape index (κ1) is 18.3. The lowest BCUT2D eigenvalue weighted by atomic mass is 9.44. The van der Waals surface area contributed by atoms with E-state index in [1.54, 1.807) is 6.26 Å². The van der Waals surface area contributed by atoms with Gasteiger partial charge in [0.15, 0.2) is 0 Å². The molecule has 1 N–H and O–H groups in total. The van der Waals surface area contributed by atoms with Gasteiger partial charge in [-0.2, -0.15) is 0 Å². The molecule has 4 saturated carbocycles. The van der Waals surface area contributed by atoms with E-state index in [4.69, 9.17) is 9.15 Å². The highest BCUT2D eigenvalue weighted by Gasteiger charge is 2.80. The predicted octanol–water partition coefficient (Wildman–Crippen LogP) is 3.44. The van der Waals surface area contributed by atoms with Gasteiger partial charge >= 0.3 is 5.63 Å². The fraction of sp³-hybridized carbons (Fsp3) is 0.750. The van der Waals surface area contributed by atoms with Crippen molar-refractivity contribution >= 4 is 6.29 Å². The summed E-state index contributed by atoms with van der Waals surface area (Å²) in [5.41, 5.74) is 0.423. The Labute approximate surface area is 170 Å². The average molecular weight is 398 g/mol. The Balaban J connectivity index is 1.37. The van der Waals surface area contributed by atoms with Crippen molar-refractivity contribution in [2.45, 2.75) is 82.0 Å². The molecule has 1 spiro atoms. The number of fused-ring (bicyclic) bond motifs is 3. The van der Waals surface area contributed by atoms with Crippen LogP contribution >= 0.6 is 0 Å². The van der Waals surface area contributed by atoms with Crippen LogP contribution in [0.5, 0.6) is 0 Å². The third kappa shape index (κ3) is 2.13. The second-order valence-electron chi connectivity index (χ2n) is 10.7. The van der Waals surface area contributed by atoms with Crippen LogP contribution in [0.2, 0.25) is 0 Å². The smallest absolute Gasteiger partial charge is 0.335 e. The van der Waals surface area contributed by atoms with Gasteiger partial charge in [0, 0.05) is 16.9 Å². The monoisotopic (exact) mass is 398 g/mol. The Morgan fingerprint density at radius 2 is 1.97 bits per heavy atom. The van der Waals surface area contributed by atoms with Crippen LogP contribution in [0.25, 0.3) is 0 Å². The van der Waals surface area contributed by atoms with Gasteiger partial charge < -0.3 is 19.1 Å². The van der Waals surface area contributed by atoms with E-state index >= 15 is 0 Å². The van der Waals surface area contributed by atoms with Gasteiger partial charge in [-0.15, -0.1) is 0 Å². The molecule has 0 radical (unpaired) electrons. The van der Waals surface area contributed by atoms with Crippen molar-refractivity contribution < 1.29 is 19.1 Å². The van der Waals surface area contributed by atoms with Gasteiger partial charge in [-0.1, -0.05) is 6.92 Å². The van der Waals surface area contributed by atoms with Crippen LogP contribution in [0.1, 0.15) is 69.8 Å². The molecule has 5 heteroatoms. The fourth-order valence-corrected chi connectivity index (χ4v) is 8.66. The van der Waals surface area contributed by atoms with E-state index in [-0.39, 0.29) is 34.3 Å². The van der Waals surface area contributed by atoms with Gasteiger partial charge in [0.05, 0.1) is 18.5 Å². The van der Waals surface area contributed by atoms with Crippen LogP contribution in [-0.4, -0.2) is 29.2 Å². The molecule has 1 aromatic heterocycles. The SMILES string of the molecule is C[C@]12CCC3C(CC[C@@H]4C[C@@H](O)CC[C@]34C=O)C13OC3CC2c1ccc(=O)oc1. The van der Waals surface area contributed by atoms with Crippen LogP contribution in [0.4, 0.5) is 0 Å². The Hall–Kier alpha value is -1.46. The molecule has 1 saturated heterocycles. The zero-order valence-corrected chi connectivity index (χ0v) is 17.0. The quantitative estimate of drug-likeness (QED) is 0.610. The number of aliphatic hydroxyl groups excluding tert-OH is 1. The van der Waals surface area contributed by atoms with Gasteiger partial charge in [0.2, 0.25) is 0 Å². The van der Waals surface area contributed by atoms with Gasteiger partial charge in [-0.05, 0) is 86.7 Å². The first-order valence-corrected chi connectivity index (χ1v) is 11.4. The van der Waals surface area contributed by atoms with Gasteiger partial charge in [0.1, 0.15) is 11.9 Å². The molecule has 29 heavy (non-hydrogen) atoms. The van der Waals surface area contributed by atoms with E-state index in [0.29, 0.717) is 23.7 Å². The number of carbonyl (C=O) groups is 1. The van der Waals surface area contributed by atoms with E-state index in [2.05, 4.69) is 6.92 Å². The summed E-state index contributed by atoms with van der Waals surface area (Å²) in [6, 6.07) is 3.46. The molecule has 156 valence electrons. The molecule has 2 heterocycles. The second-order valence-corrected chi connectivity index (χ2v) is 10.7. The third-order valence-electron chi connectivity index (χ3n) is 9.97. The van der Waals surface area contributed by atoms with E-state index in [0.717, 1.165) is 56.9 Å². The summed E-state index contributed by atoms with van der Waals surface area (Å²) in [5, 5.41) is 10.2. The normalized spacial score (nSPS) is 52.6. The van der Waals surface area contributed by atoms with Crippen molar-refractivity contribution in [1.82, 2.24) is 0 Å². The lowest BCUT2D eigenvalue weighted by Crippen LogP contribution is -2.59. The van der Waals surface area contributed by atoms with Gasteiger partial charge in [-0.25, -0.2) is 4.79 Å². The number of hydrogen-bond donors (Lipinski definition) is 1. The number of epoxide rings is 1. The van der Waals surface area contributed by atoms with Crippen molar-refractivity contribution in [1.29, 1.82) is 0 Å². The second kappa shape index (κ2) is 5.82. The zero-order chi connectivity index (χ0) is 20.0. The highest BCUT2D eigenvalue weighted by atomic mass is 16.6. The zero-order valence-electron chi connectivity index (χ0n) is 17.0. The number of aldehydes is 1. The highest BCUT2D eigenvalue weighted by Crippen LogP contribution is 2.77. The van der Waals surface area contributed by atoms with Crippen LogP contribution in [0.3, 0.4) is 0 Å². The first-order valence-electron chi connectivity index (χ1n) is 11.4. The summed E-state index contributed by atoms with van der Waals surface area (Å²) in [4.78, 5) is 24.0. The maximum Gasteiger partial charge on any atom is 0.335 e. The van der Waals surface area contributed by atoms with E-state index in [1.807, 2.05) is 6.07 Å². The molecule has 4 aliphatic carbocycles. The maximum atomic E-state index is 12.5. The van der Waals surface area contributed by atoms with Crippen molar-refractivity contribution in [3.63, 3.8) is 0 Å². The summed E-state index contributed by atoms with van der Waals surface area (Å²) in [5.74, 6) is 1.45. The van der Waals surface area contributed by atoms with Crippen LogP contribution in [0.15, 0.2) is 27.6 Å². The molecule has 6 rings (SSSR count). The molecule has 5 fully saturated rings. The van der Waals surface area contributed by atoms with Gasteiger partial charge in [0.25, 0.3) is 0 Å². The molecule has 1 aromatic rings. The van der Waals surface area contributed by atoms with Crippen molar-refractivity contribution in [3.05, 3.63) is 34.4 Å². The predicted molar refractivity (Wildman–Crippen MR) is 105 cm³/mol. The molecule has 5 aliphatic rings. The highest BCUT2D eigenvalue weighted by molar-refractivity contribution is 5.62. The number of carbonyl (C=O) groups excluding carboxylic acids is 1. The summed E-state index contributed by atoms with van der Waals surface area (Å²) in [6.07, 6.45) is 10.5. The minimum Gasteiger partial charge on any atom is -0.431 e. The summed E-state index contributed by atoms with van der Waals surface area (Å²) in [7, 11) is 0. The summed E-state index contributed by atoms with van der Waals surface area (Å²) in [6.45, 7) is 2.37. The molecule has 9 atom stereocenters. The largest absolute Gasteiger partial charge is 0.431 e. The molecule has 0 bridgehead atoms. The number of rotatable bonds is 2. The molecule has 5 nitrogen and oxygen atoms in total. The van der Waals surface area contributed by atoms with Gasteiger partial charge in [-0.3, -0.25) is 0 Å². The topological polar surface area (TPSA) is 80.0 Å². The summed E-state index contributed by atoms with van der Waals surface area (Å²) < 4.78 is 11.7. The van der Waals surface area contributed by atoms with Crippen LogP contribution in [-0.2, 0) is 9.53 Å². The molecular weight excluding hydrogens is 368 g/mol. The Kier molecular flexibility index (Phi) is 3.68. The minimum atomic E-state index is -0.303. The molecule has 1 aliphatic heterocycles. The molecule has 5 unspecified atom stereocenters. The van der Waals surface area contributed by atoms with E-state index in [1.165, 1.54) is 12.4 Å². The van der Waals surface area contributed by atoms with Crippen molar-refractivity contribution in [2.75, 3.05) is 0 Å². The number of ether oxygens (including phenoxy) is 1. The Morgan fingerprint density at radius 3 is 2.72 bits per heavy atom. The standard InChI is InChI=1S/C24H30O5/c1-22-8-7-17-18(4-3-15-10-16(26)6-9-23(15,17)13-25)24(22)20(29-24)11-19(22)14-2-5-21(27)28-12-14/h2,5,12-13,15-20,26H,3-4,6-11H2,1H3/t15-,16+,17?,18?,19?,20?,22-,23-,24?/m1/s1. The minimum absolute atomic E-state index is 0.0177. The first-order chi connectivity index (χ1) is 13.9. The van der Waals surface area contributed by atoms with E-state index in [9.17, 15) is 14.7 Å². The summed E-state index contributed by atoms with van der Waals surface area (Å²) >= 11 is 0. The van der Waals surface area contributed by atoms with Crippen LogP contribution < -0.4 is 5.63 Å². The number of aliphatic hydroxyl groups is 1. The molecule has 0 amide bonds. The fourth-order valence-electron chi connectivity index (χ4n) is 8.66. The van der Waals surface area contributed by atoms with Crippen molar-refractivity contribution in [3.8, 4) is 0 Å². The lowest BCUT2D eigenvalue weighted by Gasteiger charge is -2.60. The molecular formula is C24H30O5. The van der Waals surface area contributed by atoms with E-state index < -0.39 is 0 Å².